The Hall–Kier alpha value is -0.550. The van der Waals surface area contributed by atoms with Crippen molar-refractivity contribution in [3.8, 4) is 0 Å². The minimum absolute atomic E-state index is 0.0667. The molecule has 2 N–H and O–H groups in total. The van der Waals surface area contributed by atoms with E-state index in [4.69, 9.17) is 17.3 Å². The fourth-order valence-electron chi connectivity index (χ4n) is 1.78. The zero-order valence-electron chi connectivity index (χ0n) is 10.7. The van der Waals surface area contributed by atoms with Crippen molar-refractivity contribution in [2.45, 2.75) is 17.4 Å². The first-order valence-corrected chi connectivity index (χ1v) is 8.28. The highest BCUT2D eigenvalue weighted by Crippen LogP contribution is 2.23. The van der Waals surface area contributed by atoms with Gasteiger partial charge in [-0.1, -0.05) is 27.5 Å². The van der Waals surface area contributed by atoms with E-state index in [0.29, 0.717) is 11.4 Å². The molecule has 5 heteroatoms. The van der Waals surface area contributed by atoms with Gasteiger partial charge in [-0.3, -0.25) is 0 Å². The fourth-order valence-corrected chi connectivity index (χ4v) is 3.09. The Morgan fingerprint density at radius 1 is 1.20 bits per heavy atom. The molecule has 2 rings (SSSR count). The van der Waals surface area contributed by atoms with Crippen molar-refractivity contribution in [1.82, 2.24) is 0 Å². The van der Waals surface area contributed by atoms with Gasteiger partial charge in [0.25, 0.3) is 0 Å². The largest absolute Gasteiger partial charge is 0.327 e. The molecule has 0 aliphatic rings. The summed E-state index contributed by atoms with van der Waals surface area (Å²) in [6.07, 6.45) is 0.570. The molecule has 1 nitrogen and oxygen atoms in total. The van der Waals surface area contributed by atoms with Crippen molar-refractivity contribution in [3.05, 3.63) is 63.3 Å². The summed E-state index contributed by atoms with van der Waals surface area (Å²) in [6.45, 7) is 0. The van der Waals surface area contributed by atoms with E-state index in [1.165, 1.54) is 12.1 Å². The second-order valence-electron chi connectivity index (χ2n) is 4.46. The van der Waals surface area contributed by atoms with Crippen molar-refractivity contribution < 1.29 is 4.39 Å². The van der Waals surface area contributed by atoms with Crippen molar-refractivity contribution >= 4 is 39.3 Å². The molecule has 0 spiro atoms. The smallest absolute Gasteiger partial charge is 0.123 e. The molecule has 0 heterocycles. The normalized spacial score (nSPS) is 12.4. The van der Waals surface area contributed by atoms with Crippen LogP contribution < -0.4 is 5.73 Å². The monoisotopic (exact) mass is 373 g/mol. The first-order chi connectivity index (χ1) is 9.54. The van der Waals surface area contributed by atoms with E-state index in [-0.39, 0.29) is 11.9 Å². The highest BCUT2D eigenvalue weighted by Gasteiger charge is 2.09. The van der Waals surface area contributed by atoms with E-state index in [9.17, 15) is 4.39 Å². The predicted molar refractivity (Wildman–Crippen MR) is 88.0 cm³/mol. The lowest BCUT2D eigenvalue weighted by Gasteiger charge is -2.12. The van der Waals surface area contributed by atoms with Crippen LogP contribution in [0.15, 0.2) is 51.8 Å². The highest BCUT2D eigenvalue weighted by molar-refractivity contribution is 9.10. The molecule has 0 saturated heterocycles. The SMILES string of the molecule is NC(CSc1ccc(Br)cc1)Cc1cc(F)ccc1Cl. The van der Waals surface area contributed by atoms with Crippen molar-refractivity contribution in [3.63, 3.8) is 0 Å². The van der Waals surface area contributed by atoms with Gasteiger partial charge >= 0.3 is 0 Å². The van der Waals surface area contributed by atoms with E-state index < -0.39 is 0 Å². The molecular weight excluding hydrogens is 361 g/mol. The Balaban J connectivity index is 1.90. The molecule has 20 heavy (non-hydrogen) atoms. The fraction of sp³-hybridized carbons (Fsp3) is 0.200. The van der Waals surface area contributed by atoms with Gasteiger partial charge in [-0.15, -0.1) is 11.8 Å². The van der Waals surface area contributed by atoms with E-state index in [1.54, 1.807) is 17.8 Å². The molecule has 0 fully saturated rings. The molecule has 0 amide bonds. The van der Waals surface area contributed by atoms with Crippen LogP contribution in [-0.2, 0) is 6.42 Å². The number of halogens is 3. The molecule has 0 saturated carbocycles. The highest BCUT2D eigenvalue weighted by atomic mass is 79.9. The van der Waals surface area contributed by atoms with Crippen molar-refractivity contribution in [2.75, 3.05) is 5.75 Å². The van der Waals surface area contributed by atoms with Gasteiger partial charge in [0.2, 0.25) is 0 Å². The van der Waals surface area contributed by atoms with Crippen molar-refractivity contribution in [2.24, 2.45) is 5.73 Å². The maximum absolute atomic E-state index is 13.2. The van der Waals surface area contributed by atoms with Crippen molar-refractivity contribution in [1.29, 1.82) is 0 Å². The topological polar surface area (TPSA) is 26.0 Å². The number of hydrogen-bond acceptors (Lipinski definition) is 2. The zero-order chi connectivity index (χ0) is 14.5. The van der Waals surface area contributed by atoms with Gasteiger partial charge < -0.3 is 5.73 Å². The summed E-state index contributed by atoms with van der Waals surface area (Å²) >= 11 is 11.1. The average molecular weight is 375 g/mol. The number of thioether (sulfide) groups is 1. The Bertz CT molecular complexity index is 577. The zero-order valence-corrected chi connectivity index (χ0v) is 13.8. The maximum atomic E-state index is 13.2. The van der Waals surface area contributed by atoms with Crippen LogP contribution in [0.3, 0.4) is 0 Å². The summed E-state index contributed by atoms with van der Waals surface area (Å²) < 4.78 is 14.2. The quantitative estimate of drug-likeness (QED) is 0.753. The van der Waals surface area contributed by atoms with E-state index in [0.717, 1.165) is 20.7 Å². The Kier molecular flexibility index (Phi) is 5.90. The number of benzene rings is 2. The van der Waals surface area contributed by atoms with Crippen LogP contribution >= 0.6 is 39.3 Å². The lowest BCUT2D eigenvalue weighted by atomic mass is 10.1. The summed E-state index contributed by atoms with van der Waals surface area (Å²) in [5.41, 5.74) is 6.85. The number of rotatable bonds is 5. The Morgan fingerprint density at radius 2 is 1.90 bits per heavy atom. The lowest BCUT2D eigenvalue weighted by Crippen LogP contribution is -2.25. The van der Waals surface area contributed by atoms with Gasteiger partial charge in [-0.25, -0.2) is 4.39 Å². The molecule has 0 aromatic heterocycles. The molecule has 1 atom stereocenters. The molecule has 2 aromatic carbocycles. The van der Waals surface area contributed by atoms with Gasteiger partial charge in [-0.2, -0.15) is 0 Å². The summed E-state index contributed by atoms with van der Waals surface area (Å²) in [4.78, 5) is 1.16. The Labute approximate surface area is 135 Å². The van der Waals surface area contributed by atoms with Crippen LogP contribution in [0.1, 0.15) is 5.56 Å². The van der Waals surface area contributed by atoms with Gasteiger partial charge in [0.05, 0.1) is 0 Å². The van der Waals surface area contributed by atoms with Gasteiger partial charge in [-0.05, 0) is 54.4 Å². The van der Waals surface area contributed by atoms with Crippen LogP contribution in [-0.4, -0.2) is 11.8 Å². The Morgan fingerprint density at radius 3 is 2.60 bits per heavy atom. The van der Waals surface area contributed by atoms with Crippen LogP contribution in [0.2, 0.25) is 5.02 Å². The lowest BCUT2D eigenvalue weighted by molar-refractivity contribution is 0.623. The van der Waals surface area contributed by atoms with Crippen LogP contribution in [0.5, 0.6) is 0 Å². The third-order valence-corrected chi connectivity index (χ3v) is 4.87. The predicted octanol–water partition coefficient (Wildman–Crippen LogP) is 4.90. The van der Waals surface area contributed by atoms with E-state index in [2.05, 4.69) is 15.9 Å². The van der Waals surface area contributed by atoms with Crippen LogP contribution in [0, 0.1) is 5.82 Å². The summed E-state index contributed by atoms with van der Waals surface area (Å²) in [5, 5.41) is 0.565. The molecule has 2 aromatic rings. The minimum Gasteiger partial charge on any atom is -0.327 e. The summed E-state index contributed by atoms with van der Waals surface area (Å²) in [7, 11) is 0. The van der Waals surface area contributed by atoms with Gasteiger partial charge in [0.1, 0.15) is 5.82 Å². The first kappa shape index (κ1) is 15.8. The number of hydrogen-bond donors (Lipinski definition) is 1. The molecule has 0 aliphatic heterocycles. The molecular formula is C15H14BrClFNS. The minimum atomic E-state index is -0.280. The third kappa shape index (κ3) is 4.77. The van der Waals surface area contributed by atoms with E-state index in [1.807, 2.05) is 24.3 Å². The second kappa shape index (κ2) is 7.46. The molecule has 0 radical (unpaired) electrons. The second-order valence-corrected chi connectivity index (χ2v) is 6.88. The molecule has 106 valence electrons. The molecule has 0 aliphatic carbocycles. The van der Waals surface area contributed by atoms with Gasteiger partial charge in [0.15, 0.2) is 0 Å². The summed E-state index contributed by atoms with van der Waals surface area (Å²) in [6, 6.07) is 12.4. The van der Waals surface area contributed by atoms with E-state index >= 15 is 0 Å². The number of nitrogens with two attached hydrogens (primary N) is 1. The molecule has 1 unspecified atom stereocenters. The standard InChI is InChI=1S/C15H14BrClFNS/c16-11-1-4-14(5-2-11)20-9-13(19)8-10-7-12(18)3-6-15(10)17/h1-7,13H,8-9,19H2. The molecule has 0 bridgehead atoms. The average Bonchev–Trinajstić information content (AvgIpc) is 2.42. The summed E-state index contributed by atoms with van der Waals surface area (Å²) in [5.74, 6) is 0.478. The van der Waals surface area contributed by atoms with Gasteiger partial charge in [0, 0.05) is 26.2 Å². The first-order valence-electron chi connectivity index (χ1n) is 6.12. The van der Waals surface area contributed by atoms with Crippen LogP contribution in [0.4, 0.5) is 4.39 Å². The third-order valence-electron chi connectivity index (χ3n) is 2.77. The van der Waals surface area contributed by atoms with Crippen LogP contribution in [0.25, 0.3) is 0 Å². The maximum Gasteiger partial charge on any atom is 0.123 e.